The first-order valence-corrected chi connectivity index (χ1v) is 6.45. The zero-order valence-corrected chi connectivity index (χ0v) is 11.2. The number of amides is 2. The largest absolute Gasteiger partial charge is 0.336 e. The molecule has 1 aliphatic carbocycles. The lowest BCUT2D eigenvalue weighted by Crippen LogP contribution is -2.66. The molecular weight excluding hydrogens is 245 g/mol. The van der Waals surface area contributed by atoms with E-state index in [0.29, 0.717) is 6.54 Å². The van der Waals surface area contributed by atoms with Crippen LogP contribution in [0.4, 0.5) is 9.18 Å². The molecule has 1 aromatic carbocycles. The molecule has 2 amide bonds. The van der Waals surface area contributed by atoms with Crippen LogP contribution in [0.15, 0.2) is 24.3 Å². The number of benzene rings is 1. The Hall–Kier alpha value is -1.62. The summed E-state index contributed by atoms with van der Waals surface area (Å²) in [6.45, 7) is 0.650. The molecule has 5 heteroatoms. The van der Waals surface area contributed by atoms with Gasteiger partial charge in [-0.05, 0) is 44.6 Å². The number of rotatable bonds is 2. The fourth-order valence-electron chi connectivity index (χ4n) is 3.42. The topological polar surface area (TPSA) is 44.4 Å². The second-order valence-corrected chi connectivity index (χ2v) is 5.88. The predicted molar refractivity (Wildman–Crippen MR) is 70.3 cm³/mol. The third-order valence-corrected chi connectivity index (χ3v) is 4.45. The molecule has 2 aliphatic rings. The summed E-state index contributed by atoms with van der Waals surface area (Å²) in [4.78, 5) is 13.4. The van der Waals surface area contributed by atoms with Crippen molar-refractivity contribution in [1.82, 2.24) is 15.5 Å². The Morgan fingerprint density at radius 1 is 1.32 bits per heavy atom. The van der Waals surface area contributed by atoms with Gasteiger partial charge < -0.3 is 10.6 Å². The fourth-order valence-corrected chi connectivity index (χ4v) is 3.42. The highest BCUT2D eigenvalue weighted by molar-refractivity contribution is 5.78. The third kappa shape index (κ3) is 1.80. The van der Waals surface area contributed by atoms with Gasteiger partial charge in [-0.1, -0.05) is 12.1 Å². The van der Waals surface area contributed by atoms with Crippen molar-refractivity contribution >= 4 is 6.03 Å². The van der Waals surface area contributed by atoms with Gasteiger partial charge in [0.25, 0.3) is 0 Å². The molecule has 0 aromatic heterocycles. The van der Waals surface area contributed by atoms with E-state index in [1.54, 1.807) is 12.1 Å². The van der Waals surface area contributed by atoms with Crippen molar-refractivity contribution in [3.05, 3.63) is 35.6 Å². The van der Waals surface area contributed by atoms with Crippen LogP contribution in [0.25, 0.3) is 0 Å². The summed E-state index contributed by atoms with van der Waals surface area (Å²) >= 11 is 0. The van der Waals surface area contributed by atoms with E-state index in [9.17, 15) is 9.18 Å². The standard InChI is InChI=1S/C14H18FN3O/c1-18(2)14(10-4-3-5-11(15)6-10)7-13(8-14)9-16-12(19)17-13/h3-6H,7-9H2,1-2H3,(H2,16,17,19). The summed E-state index contributed by atoms with van der Waals surface area (Å²) in [6.07, 6.45) is 1.60. The van der Waals surface area contributed by atoms with Crippen molar-refractivity contribution in [1.29, 1.82) is 0 Å². The summed E-state index contributed by atoms with van der Waals surface area (Å²) in [5.41, 5.74) is 0.610. The molecule has 0 radical (unpaired) electrons. The van der Waals surface area contributed by atoms with Gasteiger partial charge >= 0.3 is 6.03 Å². The molecule has 0 unspecified atom stereocenters. The molecule has 0 bridgehead atoms. The number of carbonyl (C=O) groups excluding carboxylic acids is 1. The van der Waals surface area contributed by atoms with Crippen molar-refractivity contribution < 1.29 is 9.18 Å². The Bertz CT molecular complexity index is 523. The maximum atomic E-state index is 13.5. The van der Waals surface area contributed by atoms with E-state index in [1.807, 2.05) is 20.2 Å². The Labute approximate surface area is 112 Å². The minimum absolute atomic E-state index is 0.105. The highest BCUT2D eigenvalue weighted by Crippen LogP contribution is 2.52. The second-order valence-electron chi connectivity index (χ2n) is 5.88. The number of nitrogens with zero attached hydrogens (tertiary/aromatic N) is 1. The van der Waals surface area contributed by atoms with Crippen molar-refractivity contribution in [3.8, 4) is 0 Å². The Kier molecular flexibility index (Phi) is 2.57. The van der Waals surface area contributed by atoms with Crippen LogP contribution in [0.5, 0.6) is 0 Å². The lowest BCUT2D eigenvalue weighted by atomic mass is 9.59. The molecule has 1 aromatic rings. The number of nitrogens with one attached hydrogen (secondary N) is 2. The molecule has 1 saturated carbocycles. The highest BCUT2D eigenvalue weighted by Gasteiger charge is 2.59. The maximum absolute atomic E-state index is 13.5. The fraction of sp³-hybridized carbons (Fsp3) is 0.500. The molecule has 2 fully saturated rings. The summed E-state index contributed by atoms with van der Waals surface area (Å²) in [5, 5.41) is 5.80. The lowest BCUT2D eigenvalue weighted by Gasteiger charge is -2.57. The van der Waals surface area contributed by atoms with E-state index in [-0.39, 0.29) is 22.9 Å². The molecule has 1 spiro atoms. The highest BCUT2D eigenvalue weighted by atomic mass is 19.1. The van der Waals surface area contributed by atoms with E-state index >= 15 is 0 Å². The van der Waals surface area contributed by atoms with E-state index in [4.69, 9.17) is 0 Å². The van der Waals surface area contributed by atoms with E-state index in [2.05, 4.69) is 15.5 Å². The van der Waals surface area contributed by atoms with Crippen LogP contribution in [0, 0.1) is 5.82 Å². The minimum atomic E-state index is -0.215. The molecule has 102 valence electrons. The van der Waals surface area contributed by atoms with Gasteiger partial charge in [0, 0.05) is 6.54 Å². The maximum Gasteiger partial charge on any atom is 0.315 e. The zero-order valence-electron chi connectivity index (χ0n) is 11.2. The average Bonchev–Trinajstić information content (AvgIpc) is 2.68. The molecule has 2 N–H and O–H groups in total. The first kappa shape index (κ1) is 12.4. The number of hydrogen-bond acceptors (Lipinski definition) is 2. The van der Waals surface area contributed by atoms with Crippen molar-refractivity contribution in [2.45, 2.75) is 23.9 Å². The summed E-state index contributed by atoms with van der Waals surface area (Å²) in [6, 6.07) is 6.65. The second kappa shape index (κ2) is 3.93. The molecular formula is C14H18FN3O. The Morgan fingerprint density at radius 2 is 2.05 bits per heavy atom. The zero-order chi connectivity index (χ0) is 13.7. The first-order valence-electron chi connectivity index (χ1n) is 6.45. The summed E-state index contributed by atoms with van der Waals surface area (Å²) in [5.74, 6) is -0.215. The third-order valence-electron chi connectivity index (χ3n) is 4.45. The number of halogens is 1. The van der Waals surface area contributed by atoms with E-state index < -0.39 is 0 Å². The van der Waals surface area contributed by atoms with Crippen LogP contribution in [0.3, 0.4) is 0 Å². The van der Waals surface area contributed by atoms with Gasteiger partial charge in [0.15, 0.2) is 0 Å². The Morgan fingerprint density at radius 3 is 2.58 bits per heavy atom. The van der Waals surface area contributed by atoms with E-state index in [0.717, 1.165) is 18.4 Å². The molecule has 3 rings (SSSR count). The predicted octanol–water partition coefficient (Wildman–Crippen LogP) is 1.43. The Balaban J connectivity index is 1.90. The quantitative estimate of drug-likeness (QED) is 0.847. The van der Waals surface area contributed by atoms with Crippen LogP contribution in [0.1, 0.15) is 18.4 Å². The molecule has 4 nitrogen and oxygen atoms in total. The molecule has 0 atom stereocenters. The SMILES string of the molecule is CN(C)C1(c2cccc(F)c2)CC2(CNC(=O)N2)C1. The van der Waals surface area contributed by atoms with Gasteiger partial charge in [-0.3, -0.25) is 4.90 Å². The van der Waals surface area contributed by atoms with Gasteiger partial charge in [-0.2, -0.15) is 0 Å². The molecule has 1 saturated heterocycles. The minimum Gasteiger partial charge on any atom is -0.336 e. The number of urea groups is 1. The normalized spacial score (nSPS) is 33.2. The van der Waals surface area contributed by atoms with E-state index in [1.165, 1.54) is 6.07 Å². The smallest absolute Gasteiger partial charge is 0.315 e. The van der Waals surface area contributed by atoms with Crippen LogP contribution >= 0.6 is 0 Å². The van der Waals surface area contributed by atoms with Gasteiger partial charge in [-0.25, -0.2) is 9.18 Å². The number of hydrogen-bond donors (Lipinski definition) is 2. The molecule has 19 heavy (non-hydrogen) atoms. The van der Waals surface area contributed by atoms with Gasteiger partial charge in [0.2, 0.25) is 0 Å². The van der Waals surface area contributed by atoms with Crippen LogP contribution in [-0.2, 0) is 5.54 Å². The van der Waals surface area contributed by atoms with Gasteiger partial charge in [0.05, 0.1) is 11.1 Å². The van der Waals surface area contributed by atoms with Crippen LogP contribution in [0.2, 0.25) is 0 Å². The summed E-state index contributed by atoms with van der Waals surface area (Å²) < 4.78 is 13.5. The van der Waals surface area contributed by atoms with Gasteiger partial charge in [-0.15, -0.1) is 0 Å². The number of carbonyl (C=O) groups is 1. The van der Waals surface area contributed by atoms with Crippen molar-refractivity contribution in [2.75, 3.05) is 20.6 Å². The van der Waals surface area contributed by atoms with Crippen molar-refractivity contribution in [3.63, 3.8) is 0 Å². The van der Waals surface area contributed by atoms with Crippen LogP contribution < -0.4 is 10.6 Å². The molecule has 1 heterocycles. The molecule has 1 aliphatic heterocycles. The lowest BCUT2D eigenvalue weighted by molar-refractivity contribution is -0.0181. The van der Waals surface area contributed by atoms with Crippen LogP contribution in [-0.4, -0.2) is 37.1 Å². The first-order chi connectivity index (χ1) is 8.96. The summed E-state index contributed by atoms with van der Waals surface area (Å²) in [7, 11) is 4.00. The monoisotopic (exact) mass is 263 g/mol. The average molecular weight is 263 g/mol. The van der Waals surface area contributed by atoms with Crippen molar-refractivity contribution in [2.24, 2.45) is 0 Å². The van der Waals surface area contributed by atoms with Gasteiger partial charge in [0.1, 0.15) is 5.82 Å².